The van der Waals surface area contributed by atoms with E-state index in [1.807, 2.05) is 0 Å². The zero-order valence-electron chi connectivity index (χ0n) is 8.10. The van der Waals surface area contributed by atoms with Crippen LogP contribution in [0.5, 0.6) is 0 Å². The molecule has 70 valence electrons. The summed E-state index contributed by atoms with van der Waals surface area (Å²) in [6.07, 6.45) is 0.830. The van der Waals surface area contributed by atoms with Crippen LogP contribution in [0.15, 0.2) is 18.2 Å². The van der Waals surface area contributed by atoms with Crippen LogP contribution in [0.25, 0.3) is 0 Å². The topological polar surface area (TPSA) is 17.1 Å². The summed E-state index contributed by atoms with van der Waals surface area (Å²) < 4.78 is 13.1. The molecule has 1 aromatic carbocycles. The van der Waals surface area contributed by atoms with Crippen LogP contribution >= 0.6 is 0 Å². The normalized spacial score (nSPS) is 11.4. The molecular weight excluding hydrogens is 167 g/mol. The van der Waals surface area contributed by atoms with Gasteiger partial charge in [-0.3, -0.25) is 0 Å². The van der Waals surface area contributed by atoms with Crippen molar-refractivity contribution in [1.82, 2.24) is 0 Å². The van der Waals surface area contributed by atoms with Crippen molar-refractivity contribution >= 4 is 6.29 Å². The Bertz CT molecular complexity index is 329. The minimum atomic E-state index is -0.603. The molecule has 0 radical (unpaired) electrons. The monoisotopic (exact) mass is 180 g/mol. The van der Waals surface area contributed by atoms with E-state index in [-0.39, 0.29) is 5.82 Å². The molecule has 0 aliphatic rings. The molecule has 0 atom stereocenters. The van der Waals surface area contributed by atoms with Gasteiger partial charge in [0.15, 0.2) is 0 Å². The van der Waals surface area contributed by atoms with E-state index < -0.39 is 5.41 Å². The summed E-state index contributed by atoms with van der Waals surface area (Å²) in [4.78, 5) is 10.7. The van der Waals surface area contributed by atoms with Gasteiger partial charge in [0, 0.05) is 5.41 Å². The molecule has 0 aliphatic heterocycles. The Hall–Kier alpha value is -1.18. The Balaban J connectivity index is 3.18. The van der Waals surface area contributed by atoms with E-state index >= 15 is 0 Å². The Morgan fingerprint density at radius 3 is 2.46 bits per heavy atom. The molecular formula is C11H13FO. The molecule has 0 aliphatic carbocycles. The van der Waals surface area contributed by atoms with Crippen LogP contribution in [-0.4, -0.2) is 6.29 Å². The molecule has 0 spiro atoms. The van der Waals surface area contributed by atoms with E-state index in [1.54, 1.807) is 32.9 Å². The summed E-state index contributed by atoms with van der Waals surface area (Å²) in [5.74, 6) is -0.257. The van der Waals surface area contributed by atoms with Gasteiger partial charge >= 0.3 is 0 Å². The van der Waals surface area contributed by atoms with E-state index in [0.717, 1.165) is 6.29 Å². The van der Waals surface area contributed by atoms with Crippen molar-refractivity contribution in [3.8, 4) is 0 Å². The van der Waals surface area contributed by atoms with Crippen LogP contribution in [-0.2, 0) is 10.2 Å². The molecule has 0 N–H and O–H groups in total. The van der Waals surface area contributed by atoms with Crippen LogP contribution in [0, 0.1) is 12.7 Å². The molecule has 2 heteroatoms. The maximum Gasteiger partial charge on any atom is 0.129 e. The zero-order chi connectivity index (χ0) is 10.1. The van der Waals surface area contributed by atoms with E-state index in [4.69, 9.17) is 0 Å². The fraction of sp³-hybridized carbons (Fsp3) is 0.364. The zero-order valence-corrected chi connectivity index (χ0v) is 8.10. The van der Waals surface area contributed by atoms with Crippen molar-refractivity contribution in [2.75, 3.05) is 0 Å². The number of carbonyl (C=O) groups excluding carboxylic acids is 1. The second kappa shape index (κ2) is 3.29. The Morgan fingerprint density at radius 1 is 1.38 bits per heavy atom. The lowest BCUT2D eigenvalue weighted by molar-refractivity contribution is -0.111. The summed E-state index contributed by atoms with van der Waals surface area (Å²) in [7, 11) is 0. The maximum absolute atomic E-state index is 13.1. The molecule has 1 nitrogen and oxygen atoms in total. The molecule has 0 fully saturated rings. The largest absolute Gasteiger partial charge is 0.302 e. The van der Waals surface area contributed by atoms with Crippen LogP contribution < -0.4 is 0 Å². The first-order valence-electron chi connectivity index (χ1n) is 4.20. The van der Waals surface area contributed by atoms with Crippen molar-refractivity contribution in [1.29, 1.82) is 0 Å². The van der Waals surface area contributed by atoms with Gasteiger partial charge in [-0.05, 0) is 38.0 Å². The lowest BCUT2D eigenvalue weighted by atomic mass is 9.86. The average Bonchev–Trinajstić information content (AvgIpc) is 2.09. The molecule has 0 heterocycles. The van der Waals surface area contributed by atoms with Gasteiger partial charge in [0.25, 0.3) is 0 Å². The number of benzene rings is 1. The van der Waals surface area contributed by atoms with Gasteiger partial charge in [-0.2, -0.15) is 0 Å². The molecule has 0 bridgehead atoms. The third-order valence-electron chi connectivity index (χ3n) is 2.21. The van der Waals surface area contributed by atoms with Crippen LogP contribution in [0.3, 0.4) is 0 Å². The molecule has 0 saturated carbocycles. The molecule has 1 aromatic rings. The van der Waals surface area contributed by atoms with Crippen LogP contribution in [0.4, 0.5) is 4.39 Å². The summed E-state index contributed by atoms with van der Waals surface area (Å²) in [6.45, 7) is 5.24. The van der Waals surface area contributed by atoms with Crippen LogP contribution in [0.1, 0.15) is 25.0 Å². The van der Waals surface area contributed by atoms with Gasteiger partial charge in [-0.1, -0.05) is 12.1 Å². The van der Waals surface area contributed by atoms with Gasteiger partial charge in [-0.15, -0.1) is 0 Å². The highest BCUT2D eigenvalue weighted by Gasteiger charge is 2.19. The number of hydrogen-bond donors (Lipinski definition) is 0. The number of hydrogen-bond acceptors (Lipinski definition) is 1. The lowest BCUT2D eigenvalue weighted by Gasteiger charge is -2.17. The third kappa shape index (κ3) is 1.94. The van der Waals surface area contributed by atoms with E-state index in [0.29, 0.717) is 11.1 Å². The molecule has 0 unspecified atom stereocenters. The highest BCUT2D eigenvalue weighted by molar-refractivity contribution is 5.67. The number of rotatable bonds is 2. The average molecular weight is 180 g/mol. The van der Waals surface area contributed by atoms with Crippen molar-refractivity contribution in [3.63, 3.8) is 0 Å². The Morgan fingerprint density at radius 2 is 2.00 bits per heavy atom. The van der Waals surface area contributed by atoms with Gasteiger partial charge < -0.3 is 4.79 Å². The molecule has 0 aromatic heterocycles. The second-order valence-electron chi connectivity index (χ2n) is 3.80. The number of aldehydes is 1. The first-order valence-corrected chi connectivity index (χ1v) is 4.20. The second-order valence-corrected chi connectivity index (χ2v) is 3.80. The predicted molar refractivity (Wildman–Crippen MR) is 50.2 cm³/mol. The molecule has 1 rings (SSSR count). The summed E-state index contributed by atoms with van der Waals surface area (Å²) in [6, 6.07) is 4.90. The fourth-order valence-corrected chi connectivity index (χ4v) is 1.06. The first kappa shape index (κ1) is 9.90. The molecule has 13 heavy (non-hydrogen) atoms. The maximum atomic E-state index is 13.1. The Kier molecular flexibility index (Phi) is 2.50. The smallest absolute Gasteiger partial charge is 0.129 e. The number of halogens is 1. The van der Waals surface area contributed by atoms with E-state index in [2.05, 4.69) is 0 Å². The SMILES string of the molecule is Cc1ccc(C(C)(C)C=O)cc1F. The number of aryl methyl sites for hydroxylation is 1. The highest BCUT2D eigenvalue weighted by Crippen LogP contribution is 2.22. The van der Waals surface area contributed by atoms with Gasteiger partial charge in [-0.25, -0.2) is 4.39 Å². The number of carbonyl (C=O) groups is 1. The van der Waals surface area contributed by atoms with Crippen molar-refractivity contribution in [3.05, 3.63) is 35.1 Å². The summed E-state index contributed by atoms with van der Waals surface area (Å²) in [5.41, 5.74) is 0.713. The van der Waals surface area contributed by atoms with Crippen LogP contribution in [0.2, 0.25) is 0 Å². The third-order valence-corrected chi connectivity index (χ3v) is 2.21. The van der Waals surface area contributed by atoms with Crippen molar-refractivity contribution in [2.45, 2.75) is 26.2 Å². The Labute approximate surface area is 77.6 Å². The minimum Gasteiger partial charge on any atom is -0.302 e. The van der Waals surface area contributed by atoms with Gasteiger partial charge in [0.2, 0.25) is 0 Å². The first-order chi connectivity index (χ1) is 5.97. The lowest BCUT2D eigenvalue weighted by Crippen LogP contribution is -2.18. The van der Waals surface area contributed by atoms with Gasteiger partial charge in [0.1, 0.15) is 12.1 Å². The van der Waals surface area contributed by atoms with Crippen molar-refractivity contribution < 1.29 is 9.18 Å². The standard InChI is InChI=1S/C11H13FO/c1-8-4-5-9(6-10(8)12)11(2,3)7-13/h4-7H,1-3H3. The molecule has 0 saturated heterocycles. The van der Waals surface area contributed by atoms with E-state index in [1.165, 1.54) is 6.07 Å². The van der Waals surface area contributed by atoms with Crippen molar-refractivity contribution in [2.24, 2.45) is 0 Å². The van der Waals surface area contributed by atoms with E-state index in [9.17, 15) is 9.18 Å². The summed E-state index contributed by atoms with van der Waals surface area (Å²) in [5, 5.41) is 0. The minimum absolute atomic E-state index is 0.257. The fourth-order valence-electron chi connectivity index (χ4n) is 1.06. The molecule has 0 amide bonds. The van der Waals surface area contributed by atoms with Gasteiger partial charge in [0.05, 0.1) is 0 Å². The quantitative estimate of drug-likeness (QED) is 0.639. The predicted octanol–water partition coefficient (Wildman–Crippen LogP) is 2.61. The highest BCUT2D eigenvalue weighted by atomic mass is 19.1. The summed E-state index contributed by atoms with van der Waals surface area (Å²) >= 11 is 0.